The highest BCUT2D eigenvalue weighted by molar-refractivity contribution is 7.11. The summed E-state index contributed by atoms with van der Waals surface area (Å²) < 4.78 is 37.3. The van der Waals surface area contributed by atoms with E-state index in [-0.39, 0.29) is 0 Å². The number of thiazole rings is 1. The van der Waals surface area contributed by atoms with Crippen LogP contribution in [0.25, 0.3) is 0 Å². The van der Waals surface area contributed by atoms with Crippen LogP contribution in [0.3, 0.4) is 0 Å². The average molecular weight is 406 g/mol. The molecule has 1 saturated heterocycles. The summed E-state index contributed by atoms with van der Waals surface area (Å²) in [5, 5.41) is 7.67. The average Bonchev–Trinajstić information content (AvgIpc) is 3.00. The lowest BCUT2D eigenvalue weighted by Gasteiger charge is -2.32. The molecule has 1 aliphatic rings. The van der Waals surface area contributed by atoms with Gasteiger partial charge >= 0.3 is 6.18 Å². The van der Waals surface area contributed by atoms with Gasteiger partial charge in [0, 0.05) is 37.1 Å². The molecule has 0 saturated carbocycles. The lowest BCUT2D eigenvalue weighted by Crippen LogP contribution is -2.40. The molecule has 2 heterocycles. The minimum atomic E-state index is -4.10. The van der Waals surface area contributed by atoms with E-state index in [0.29, 0.717) is 25.6 Å². The summed E-state index contributed by atoms with van der Waals surface area (Å²) >= 11 is 1.71. The maximum Gasteiger partial charge on any atom is 0.401 e. The lowest BCUT2D eigenvalue weighted by molar-refractivity contribution is -0.148. The lowest BCUT2D eigenvalue weighted by atomic mass is 9.93. The van der Waals surface area contributed by atoms with E-state index in [1.54, 1.807) is 11.3 Å². The van der Waals surface area contributed by atoms with Crippen LogP contribution in [0, 0.1) is 12.8 Å². The fraction of sp³-hybridized carbons (Fsp3) is 0.778. The van der Waals surface area contributed by atoms with Crippen molar-refractivity contribution >= 4 is 17.3 Å². The number of nitrogens with one attached hydrogen (secondary N) is 2. The molecule has 0 bridgehead atoms. The first-order valence-corrected chi connectivity index (χ1v) is 10.4. The second-order valence-corrected chi connectivity index (χ2v) is 8.24. The Kier molecular flexibility index (Phi) is 8.82. The Hall–Kier alpha value is -1.35. The van der Waals surface area contributed by atoms with Gasteiger partial charge in [-0.15, -0.1) is 11.3 Å². The van der Waals surface area contributed by atoms with Gasteiger partial charge in [-0.2, -0.15) is 13.2 Å². The van der Waals surface area contributed by atoms with Crippen LogP contribution in [0.2, 0.25) is 0 Å². The molecule has 1 aromatic rings. The zero-order valence-electron chi connectivity index (χ0n) is 16.1. The van der Waals surface area contributed by atoms with Gasteiger partial charge in [0.15, 0.2) is 5.96 Å². The first-order valence-electron chi connectivity index (χ1n) is 9.58. The minimum Gasteiger partial charge on any atom is -0.357 e. The summed E-state index contributed by atoms with van der Waals surface area (Å²) in [5.41, 5.74) is 0. The Morgan fingerprint density at radius 2 is 2.07 bits per heavy atom. The highest BCUT2D eigenvalue weighted by Crippen LogP contribution is 2.24. The number of aryl methyl sites for hydroxylation is 1. The van der Waals surface area contributed by atoms with Crippen LogP contribution >= 0.6 is 11.3 Å². The SMILES string of the molecule is CCNC(=NCCC1CCN(CC(F)(F)F)CC1)NCCc1ncc(C)s1. The fourth-order valence-corrected chi connectivity index (χ4v) is 3.98. The van der Waals surface area contributed by atoms with E-state index < -0.39 is 12.7 Å². The van der Waals surface area contributed by atoms with Gasteiger partial charge in [-0.3, -0.25) is 9.89 Å². The van der Waals surface area contributed by atoms with Crippen LogP contribution in [0.1, 0.15) is 36.1 Å². The van der Waals surface area contributed by atoms with Crippen LogP contribution in [0.15, 0.2) is 11.2 Å². The molecule has 2 N–H and O–H groups in total. The number of piperidine rings is 1. The number of aromatic nitrogens is 1. The molecular formula is C18H30F3N5S. The number of guanidine groups is 1. The Morgan fingerprint density at radius 3 is 2.67 bits per heavy atom. The smallest absolute Gasteiger partial charge is 0.357 e. The summed E-state index contributed by atoms with van der Waals surface area (Å²) in [4.78, 5) is 11.7. The molecule has 27 heavy (non-hydrogen) atoms. The predicted molar refractivity (Wildman–Crippen MR) is 104 cm³/mol. The summed E-state index contributed by atoms with van der Waals surface area (Å²) in [5.74, 6) is 1.25. The van der Waals surface area contributed by atoms with Gasteiger partial charge in [-0.1, -0.05) is 0 Å². The number of nitrogens with zero attached hydrogens (tertiary/aromatic N) is 3. The van der Waals surface area contributed by atoms with Gasteiger partial charge in [0.2, 0.25) is 0 Å². The number of rotatable bonds is 8. The normalized spacial score (nSPS) is 17.3. The molecule has 2 rings (SSSR count). The van der Waals surface area contributed by atoms with Crippen molar-refractivity contribution in [2.24, 2.45) is 10.9 Å². The molecule has 1 aromatic heterocycles. The molecule has 9 heteroatoms. The molecule has 0 radical (unpaired) electrons. The summed E-state index contributed by atoms with van der Waals surface area (Å²) in [6.07, 6.45) is 1.21. The maximum atomic E-state index is 12.4. The molecule has 1 fully saturated rings. The van der Waals surface area contributed by atoms with E-state index in [1.165, 1.54) is 9.78 Å². The molecule has 0 amide bonds. The van der Waals surface area contributed by atoms with Gasteiger partial charge in [-0.05, 0) is 52.1 Å². The topological polar surface area (TPSA) is 52.6 Å². The summed E-state index contributed by atoms with van der Waals surface area (Å²) in [6, 6.07) is 0. The first-order chi connectivity index (χ1) is 12.9. The number of alkyl halides is 3. The van der Waals surface area contributed by atoms with Crippen molar-refractivity contribution < 1.29 is 13.2 Å². The van der Waals surface area contributed by atoms with Gasteiger partial charge in [0.25, 0.3) is 0 Å². The quantitative estimate of drug-likeness (QED) is 0.515. The van der Waals surface area contributed by atoms with Crippen molar-refractivity contribution in [1.29, 1.82) is 0 Å². The summed E-state index contributed by atoms with van der Waals surface area (Å²) in [6.45, 7) is 6.59. The standard InChI is InChI=1S/C18H30F3N5S/c1-3-22-17(24-9-5-16-25-12-14(2)27-16)23-8-4-15-6-10-26(11-7-15)13-18(19,20)21/h12,15H,3-11,13H2,1-2H3,(H2,22,23,24). The maximum absolute atomic E-state index is 12.4. The largest absolute Gasteiger partial charge is 0.401 e. The second kappa shape index (κ2) is 10.8. The molecule has 5 nitrogen and oxygen atoms in total. The zero-order valence-corrected chi connectivity index (χ0v) is 16.9. The van der Waals surface area contributed by atoms with Gasteiger partial charge in [0.05, 0.1) is 11.6 Å². The van der Waals surface area contributed by atoms with E-state index >= 15 is 0 Å². The molecule has 0 unspecified atom stereocenters. The Balaban J connectivity index is 1.67. The molecule has 154 valence electrons. The van der Waals surface area contributed by atoms with Gasteiger partial charge < -0.3 is 10.6 Å². The van der Waals surface area contributed by atoms with Crippen molar-refractivity contribution in [2.75, 3.05) is 39.3 Å². The van der Waals surface area contributed by atoms with Gasteiger partial charge in [0.1, 0.15) is 0 Å². The number of halogens is 3. The van der Waals surface area contributed by atoms with Crippen molar-refractivity contribution in [3.05, 3.63) is 16.1 Å². The third-order valence-electron chi connectivity index (χ3n) is 4.56. The number of hydrogen-bond donors (Lipinski definition) is 2. The Labute approximate surface area is 163 Å². The van der Waals surface area contributed by atoms with E-state index in [2.05, 4.69) is 20.6 Å². The summed E-state index contributed by atoms with van der Waals surface area (Å²) in [7, 11) is 0. The van der Waals surface area contributed by atoms with Crippen LogP contribution < -0.4 is 10.6 Å². The zero-order chi connectivity index (χ0) is 19.7. The van der Waals surface area contributed by atoms with Crippen LogP contribution in [-0.2, 0) is 6.42 Å². The molecular weight excluding hydrogens is 375 g/mol. The molecule has 0 spiro atoms. The van der Waals surface area contributed by atoms with E-state index in [9.17, 15) is 13.2 Å². The second-order valence-electron chi connectivity index (χ2n) is 6.93. The van der Waals surface area contributed by atoms with Crippen LogP contribution in [0.5, 0.6) is 0 Å². The third kappa shape index (κ3) is 8.92. The highest BCUT2D eigenvalue weighted by Gasteiger charge is 2.32. The molecule has 1 aliphatic heterocycles. The highest BCUT2D eigenvalue weighted by atomic mass is 32.1. The van der Waals surface area contributed by atoms with E-state index in [1.807, 2.05) is 20.0 Å². The van der Waals surface area contributed by atoms with Gasteiger partial charge in [-0.25, -0.2) is 4.98 Å². The van der Waals surface area contributed by atoms with Crippen LogP contribution in [-0.4, -0.2) is 61.3 Å². The van der Waals surface area contributed by atoms with Crippen molar-refractivity contribution in [2.45, 2.75) is 45.7 Å². The Bertz CT molecular complexity index is 580. The molecule has 0 atom stereocenters. The van der Waals surface area contributed by atoms with Crippen molar-refractivity contribution in [1.82, 2.24) is 20.5 Å². The van der Waals surface area contributed by atoms with E-state index in [4.69, 9.17) is 0 Å². The first kappa shape index (κ1) is 21.9. The third-order valence-corrected chi connectivity index (χ3v) is 5.53. The Morgan fingerprint density at radius 1 is 1.33 bits per heavy atom. The number of aliphatic imine (C=N–C) groups is 1. The van der Waals surface area contributed by atoms with Crippen LogP contribution in [0.4, 0.5) is 13.2 Å². The van der Waals surface area contributed by atoms with Crippen molar-refractivity contribution in [3.8, 4) is 0 Å². The monoisotopic (exact) mass is 405 g/mol. The number of hydrogen-bond acceptors (Lipinski definition) is 4. The predicted octanol–water partition coefficient (Wildman–Crippen LogP) is 3.21. The van der Waals surface area contributed by atoms with Crippen molar-refractivity contribution in [3.63, 3.8) is 0 Å². The van der Waals surface area contributed by atoms with E-state index in [0.717, 1.165) is 49.7 Å². The fourth-order valence-electron chi connectivity index (χ4n) is 3.19. The molecule has 0 aliphatic carbocycles. The minimum absolute atomic E-state index is 0.458. The number of likely N-dealkylation sites (tertiary alicyclic amines) is 1. The molecule has 0 aromatic carbocycles.